The Morgan fingerprint density at radius 2 is 2.25 bits per heavy atom. The fourth-order valence-electron chi connectivity index (χ4n) is 3.07. The Morgan fingerprint density at radius 3 is 2.96 bits per heavy atom. The molecule has 0 atom stereocenters. The third-order valence-corrected chi connectivity index (χ3v) is 7.24. The first-order valence-corrected chi connectivity index (χ1v) is 11.6. The molecule has 3 aromatic rings. The Bertz CT molecular complexity index is 1060. The molecule has 1 aliphatic rings. The van der Waals surface area contributed by atoms with Crippen molar-refractivity contribution in [2.45, 2.75) is 18.1 Å². The second kappa shape index (κ2) is 8.50. The summed E-state index contributed by atoms with van der Waals surface area (Å²) in [6, 6.07) is 4.01. The van der Waals surface area contributed by atoms with E-state index in [0.717, 1.165) is 27.4 Å². The van der Waals surface area contributed by atoms with Crippen LogP contribution in [0.2, 0.25) is 0 Å². The number of cyclic esters (lactones) is 1. The highest BCUT2D eigenvalue weighted by Crippen LogP contribution is 2.34. The smallest absolute Gasteiger partial charge is 0.409 e. The maximum absolute atomic E-state index is 13.2. The highest BCUT2D eigenvalue weighted by atomic mass is 32.2. The third-order valence-electron chi connectivity index (χ3n) is 4.41. The molecular formula is C19H19N3O3S3. The normalized spacial score (nSPS) is 14.0. The van der Waals surface area contributed by atoms with Crippen LogP contribution in [0.15, 0.2) is 45.5 Å². The van der Waals surface area contributed by atoms with Crippen LogP contribution < -0.4 is 5.56 Å². The lowest BCUT2D eigenvalue weighted by atomic mass is 10.2. The molecule has 1 fully saturated rings. The van der Waals surface area contributed by atoms with Crippen LogP contribution >= 0.6 is 34.4 Å². The lowest BCUT2D eigenvalue weighted by molar-refractivity contribution is 0.158. The average molecular weight is 434 g/mol. The largest absolute Gasteiger partial charge is 0.448 e. The SMILES string of the molecule is C=CCn1c(SCCCN2CCOC2=O)nc2scc(-c3cccs3)c2c1=O. The summed E-state index contributed by atoms with van der Waals surface area (Å²) >= 11 is 4.66. The van der Waals surface area contributed by atoms with Crippen molar-refractivity contribution < 1.29 is 9.53 Å². The maximum atomic E-state index is 13.2. The molecule has 0 N–H and O–H groups in total. The number of amides is 1. The number of nitrogens with zero attached hydrogens (tertiary/aromatic N) is 3. The van der Waals surface area contributed by atoms with E-state index in [1.807, 2.05) is 22.9 Å². The first kappa shape index (κ1) is 19.2. The summed E-state index contributed by atoms with van der Waals surface area (Å²) in [4.78, 5) is 33.0. The predicted molar refractivity (Wildman–Crippen MR) is 116 cm³/mol. The number of allylic oxidation sites excluding steroid dienone is 1. The summed E-state index contributed by atoms with van der Waals surface area (Å²) in [5, 5.41) is 5.39. The van der Waals surface area contributed by atoms with Crippen LogP contribution in [-0.4, -0.2) is 46.0 Å². The first-order chi connectivity index (χ1) is 13.7. The minimum Gasteiger partial charge on any atom is -0.448 e. The topological polar surface area (TPSA) is 64.4 Å². The molecule has 146 valence electrons. The molecule has 4 heterocycles. The molecule has 0 radical (unpaired) electrons. The number of rotatable bonds is 8. The Hall–Kier alpha value is -2.10. The van der Waals surface area contributed by atoms with E-state index < -0.39 is 0 Å². The van der Waals surface area contributed by atoms with E-state index in [2.05, 4.69) is 6.58 Å². The van der Waals surface area contributed by atoms with Gasteiger partial charge >= 0.3 is 6.09 Å². The molecule has 4 rings (SSSR count). The number of hydrogen-bond donors (Lipinski definition) is 0. The van der Waals surface area contributed by atoms with Crippen molar-refractivity contribution in [1.29, 1.82) is 0 Å². The van der Waals surface area contributed by atoms with E-state index >= 15 is 0 Å². The van der Waals surface area contributed by atoms with Gasteiger partial charge in [0.05, 0.1) is 11.9 Å². The molecule has 0 saturated carbocycles. The lowest BCUT2D eigenvalue weighted by Crippen LogP contribution is -2.26. The average Bonchev–Trinajstić information content (AvgIpc) is 3.42. The fraction of sp³-hybridized carbons (Fsp3) is 0.316. The van der Waals surface area contributed by atoms with E-state index in [1.54, 1.807) is 38.6 Å². The van der Waals surface area contributed by atoms with Crippen LogP contribution in [0.25, 0.3) is 20.7 Å². The summed E-state index contributed by atoms with van der Waals surface area (Å²) in [5.74, 6) is 0.766. The number of thioether (sulfide) groups is 1. The van der Waals surface area contributed by atoms with E-state index in [-0.39, 0.29) is 11.7 Å². The van der Waals surface area contributed by atoms with Crippen molar-refractivity contribution in [2.24, 2.45) is 0 Å². The Kier molecular flexibility index (Phi) is 5.84. The standard InChI is InChI=1S/C19H19N3O3S3/c1-2-6-22-17(23)15-13(14-5-3-10-26-14)12-28-16(15)20-18(22)27-11-4-7-21-8-9-25-19(21)24/h2-3,5,10,12H,1,4,6-9,11H2. The number of aromatic nitrogens is 2. The van der Waals surface area contributed by atoms with Gasteiger partial charge in [-0.15, -0.1) is 29.3 Å². The summed E-state index contributed by atoms with van der Waals surface area (Å²) < 4.78 is 6.63. The Balaban J connectivity index is 1.57. The van der Waals surface area contributed by atoms with Crippen molar-refractivity contribution in [2.75, 3.05) is 25.4 Å². The highest BCUT2D eigenvalue weighted by molar-refractivity contribution is 7.99. The molecule has 0 aromatic carbocycles. The van der Waals surface area contributed by atoms with E-state index in [0.29, 0.717) is 36.8 Å². The zero-order valence-electron chi connectivity index (χ0n) is 15.1. The highest BCUT2D eigenvalue weighted by Gasteiger charge is 2.21. The van der Waals surface area contributed by atoms with Crippen molar-refractivity contribution in [1.82, 2.24) is 14.5 Å². The van der Waals surface area contributed by atoms with Crippen LogP contribution in [0, 0.1) is 0 Å². The molecule has 1 saturated heterocycles. The van der Waals surface area contributed by atoms with Crippen LogP contribution in [0.5, 0.6) is 0 Å². The van der Waals surface area contributed by atoms with Gasteiger partial charge < -0.3 is 9.64 Å². The molecule has 0 unspecified atom stereocenters. The molecular weight excluding hydrogens is 414 g/mol. The number of carbonyl (C=O) groups excluding carboxylic acids is 1. The second-order valence-corrected chi connectivity index (χ2v) is 9.08. The molecule has 3 aromatic heterocycles. The molecule has 0 bridgehead atoms. The predicted octanol–water partition coefficient (Wildman–Crippen LogP) is 4.31. The summed E-state index contributed by atoms with van der Waals surface area (Å²) in [6.07, 6.45) is 2.29. The van der Waals surface area contributed by atoms with Gasteiger partial charge in [-0.25, -0.2) is 9.78 Å². The number of ether oxygens (including phenoxy) is 1. The zero-order valence-corrected chi connectivity index (χ0v) is 17.6. The maximum Gasteiger partial charge on any atom is 0.409 e. The molecule has 0 aliphatic carbocycles. The van der Waals surface area contributed by atoms with Gasteiger partial charge in [0.1, 0.15) is 11.4 Å². The number of fused-ring (bicyclic) bond motifs is 1. The van der Waals surface area contributed by atoms with Gasteiger partial charge in [-0.2, -0.15) is 0 Å². The van der Waals surface area contributed by atoms with E-state index in [4.69, 9.17) is 9.72 Å². The Labute approximate surface area is 174 Å². The van der Waals surface area contributed by atoms with Crippen molar-refractivity contribution in [3.63, 3.8) is 0 Å². The minimum atomic E-state index is -0.243. The number of carbonyl (C=O) groups is 1. The van der Waals surface area contributed by atoms with Crippen molar-refractivity contribution in [3.8, 4) is 10.4 Å². The number of thiophene rings is 2. The van der Waals surface area contributed by atoms with Crippen LogP contribution in [0.1, 0.15) is 6.42 Å². The van der Waals surface area contributed by atoms with Crippen molar-refractivity contribution in [3.05, 3.63) is 45.9 Å². The molecule has 1 aliphatic heterocycles. The van der Waals surface area contributed by atoms with Crippen LogP contribution in [0.4, 0.5) is 4.79 Å². The molecule has 1 amide bonds. The lowest BCUT2D eigenvalue weighted by Gasteiger charge is -2.13. The quantitative estimate of drug-likeness (QED) is 0.229. The summed E-state index contributed by atoms with van der Waals surface area (Å²) in [5.41, 5.74) is 0.926. The van der Waals surface area contributed by atoms with Gasteiger partial charge in [0, 0.05) is 34.7 Å². The van der Waals surface area contributed by atoms with Crippen LogP contribution in [0.3, 0.4) is 0 Å². The van der Waals surface area contributed by atoms with Crippen molar-refractivity contribution >= 4 is 50.7 Å². The van der Waals surface area contributed by atoms with Gasteiger partial charge in [-0.05, 0) is 17.9 Å². The third kappa shape index (κ3) is 3.74. The monoisotopic (exact) mass is 433 g/mol. The van der Waals surface area contributed by atoms with Gasteiger partial charge in [-0.3, -0.25) is 9.36 Å². The molecule has 9 heteroatoms. The van der Waals surface area contributed by atoms with Gasteiger partial charge in [0.2, 0.25) is 0 Å². The second-order valence-electron chi connectivity index (χ2n) is 6.21. The molecule has 6 nitrogen and oxygen atoms in total. The summed E-state index contributed by atoms with van der Waals surface area (Å²) in [6.45, 7) is 5.97. The zero-order chi connectivity index (χ0) is 19.5. The fourth-order valence-corrected chi connectivity index (χ4v) is 5.80. The van der Waals surface area contributed by atoms with E-state index in [1.165, 1.54) is 11.3 Å². The van der Waals surface area contributed by atoms with E-state index in [9.17, 15) is 9.59 Å². The van der Waals surface area contributed by atoms with Gasteiger partial charge in [0.25, 0.3) is 5.56 Å². The van der Waals surface area contributed by atoms with Gasteiger partial charge in [-0.1, -0.05) is 23.9 Å². The first-order valence-electron chi connectivity index (χ1n) is 8.90. The minimum absolute atomic E-state index is 0.0276. The molecule has 0 spiro atoms. The number of hydrogen-bond acceptors (Lipinski definition) is 7. The summed E-state index contributed by atoms with van der Waals surface area (Å²) in [7, 11) is 0. The van der Waals surface area contributed by atoms with Gasteiger partial charge in [0.15, 0.2) is 5.16 Å². The van der Waals surface area contributed by atoms with Crippen LogP contribution in [-0.2, 0) is 11.3 Å². The Morgan fingerprint density at radius 1 is 1.36 bits per heavy atom. The molecule has 28 heavy (non-hydrogen) atoms.